The Morgan fingerprint density at radius 2 is 1.95 bits per heavy atom. The highest BCUT2D eigenvalue weighted by atomic mass is 19.4. The molecule has 0 spiro atoms. The fraction of sp³-hybridized carbons (Fsp3) is 0.538. The summed E-state index contributed by atoms with van der Waals surface area (Å²) in [4.78, 5) is 0. The molecule has 3 nitrogen and oxygen atoms in total. The summed E-state index contributed by atoms with van der Waals surface area (Å²) in [5.74, 6) is 4.92. The molecule has 7 heteroatoms. The second kappa shape index (κ2) is 7.01. The van der Waals surface area contributed by atoms with Crippen LogP contribution in [0.5, 0.6) is 0 Å². The average Bonchev–Trinajstić information content (AvgIpc) is 2.29. The predicted octanol–water partition coefficient (Wildman–Crippen LogP) is 2.92. The lowest BCUT2D eigenvalue weighted by Crippen LogP contribution is -2.30. The third-order valence-electron chi connectivity index (χ3n) is 2.85. The first kappa shape index (κ1) is 16.9. The number of nitrogens with two attached hydrogens (primary N) is 1. The van der Waals surface area contributed by atoms with Crippen LogP contribution in [0.25, 0.3) is 0 Å². The number of rotatable bonds is 6. The number of aryl methyl sites for hydroxylation is 2. The normalized spacial score (nSPS) is 13.6. The lowest BCUT2D eigenvalue weighted by atomic mass is 9.97. The van der Waals surface area contributed by atoms with Crippen molar-refractivity contribution < 1.29 is 22.3 Å². The Labute approximate surface area is 115 Å². The first-order valence-corrected chi connectivity index (χ1v) is 6.12. The van der Waals surface area contributed by atoms with Crippen molar-refractivity contribution in [1.29, 1.82) is 0 Å². The van der Waals surface area contributed by atoms with Gasteiger partial charge in [0.1, 0.15) is 12.4 Å². The molecule has 3 N–H and O–H groups in total. The molecule has 1 rings (SSSR count). The maximum atomic E-state index is 13.9. The number of hydrogen-bond acceptors (Lipinski definition) is 3. The van der Waals surface area contributed by atoms with Gasteiger partial charge in [-0.3, -0.25) is 11.3 Å². The molecule has 0 aliphatic carbocycles. The molecule has 1 atom stereocenters. The third-order valence-corrected chi connectivity index (χ3v) is 2.85. The summed E-state index contributed by atoms with van der Waals surface area (Å²) in [5, 5.41) is 0. The van der Waals surface area contributed by atoms with Gasteiger partial charge >= 0.3 is 6.18 Å². The van der Waals surface area contributed by atoms with E-state index in [1.807, 2.05) is 0 Å². The van der Waals surface area contributed by atoms with E-state index in [1.54, 1.807) is 19.9 Å². The minimum atomic E-state index is -4.36. The molecule has 0 saturated carbocycles. The Morgan fingerprint density at radius 3 is 2.45 bits per heavy atom. The quantitative estimate of drug-likeness (QED) is 0.367. The van der Waals surface area contributed by atoms with Crippen LogP contribution in [0.1, 0.15) is 29.2 Å². The molecule has 114 valence electrons. The maximum Gasteiger partial charge on any atom is 0.411 e. The van der Waals surface area contributed by atoms with Crippen molar-refractivity contribution in [2.75, 3.05) is 13.2 Å². The first-order valence-electron chi connectivity index (χ1n) is 6.12. The minimum absolute atomic E-state index is 0.146. The van der Waals surface area contributed by atoms with Crippen LogP contribution in [0, 0.1) is 19.7 Å². The Kier molecular flexibility index (Phi) is 5.91. The van der Waals surface area contributed by atoms with Crippen LogP contribution in [-0.2, 0) is 4.74 Å². The predicted molar refractivity (Wildman–Crippen MR) is 67.4 cm³/mol. The van der Waals surface area contributed by atoms with Crippen LogP contribution in [0.15, 0.2) is 12.1 Å². The van der Waals surface area contributed by atoms with Gasteiger partial charge in [0, 0.05) is 12.2 Å². The number of nitrogens with one attached hydrogen (secondary N) is 1. The lowest BCUT2D eigenvalue weighted by Gasteiger charge is -2.20. The van der Waals surface area contributed by atoms with Gasteiger partial charge in [-0.15, -0.1) is 0 Å². The van der Waals surface area contributed by atoms with E-state index in [9.17, 15) is 17.6 Å². The van der Waals surface area contributed by atoms with Gasteiger partial charge in [0.25, 0.3) is 0 Å². The Balaban J connectivity index is 2.68. The van der Waals surface area contributed by atoms with E-state index in [1.165, 1.54) is 6.07 Å². The summed E-state index contributed by atoms with van der Waals surface area (Å²) < 4.78 is 54.2. The van der Waals surface area contributed by atoms with Crippen molar-refractivity contribution in [3.8, 4) is 0 Å². The molecule has 0 radical (unpaired) electrons. The van der Waals surface area contributed by atoms with Crippen LogP contribution >= 0.6 is 0 Å². The van der Waals surface area contributed by atoms with E-state index in [-0.39, 0.29) is 13.0 Å². The van der Waals surface area contributed by atoms with Crippen LogP contribution in [0.4, 0.5) is 17.6 Å². The molecule has 20 heavy (non-hydrogen) atoms. The summed E-state index contributed by atoms with van der Waals surface area (Å²) >= 11 is 0. The van der Waals surface area contributed by atoms with Crippen LogP contribution in [0.2, 0.25) is 0 Å². The zero-order valence-corrected chi connectivity index (χ0v) is 11.4. The molecule has 0 aliphatic heterocycles. The molecule has 0 fully saturated rings. The molecule has 0 bridgehead atoms. The maximum absolute atomic E-state index is 13.9. The number of benzene rings is 1. The lowest BCUT2D eigenvalue weighted by molar-refractivity contribution is -0.174. The SMILES string of the molecule is Cc1cc(C)c(C(CCOCC(F)(F)F)NN)c(F)c1. The van der Waals surface area contributed by atoms with Crippen molar-refractivity contribution in [1.82, 2.24) is 5.43 Å². The molecule has 1 aromatic rings. The van der Waals surface area contributed by atoms with Crippen molar-refractivity contribution in [2.45, 2.75) is 32.5 Å². The fourth-order valence-electron chi connectivity index (χ4n) is 2.07. The molecule has 0 aromatic heterocycles. The fourth-order valence-corrected chi connectivity index (χ4v) is 2.07. The van der Waals surface area contributed by atoms with Crippen LogP contribution < -0.4 is 11.3 Å². The molecule has 0 aliphatic rings. The molecular formula is C13H18F4N2O. The van der Waals surface area contributed by atoms with Gasteiger partial charge in [-0.2, -0.15) is 13.2 Å². The monoisotopic (exact) mass is 294 g/mol. The van der Waals surface area contributed by atoms with Crippen molar-refractivity contribution in [2.24, 2.45) is 5.84 Å². The van der Waals surface area contributed by atoms with Crippen LogP contribution in [-0.4, -0.2) is 19.4 Å². The highest BCUT2D eigenvalue weighted by Gasteiger charge is 2.27. The summed E-state index contributed by atoms with van der Waals surface area (Å²) in [5.41, 5.74) is 4.24. The molecular weight excluding hydrogens is 276 g/mol. The summed E-state index contributed by atoms with van der Waals surface area (Å²) in [6.45, 7) is 2.00. The van der Waals surface area contributed by atoms with E-state index in [0.29, 0.717) is 11.1 Å². The summed E-state index contributed by atoms with van der Waals surface area (Å²) in [7, 11) is 0. The van der Waals surface area contributed by atoms with E-state index < -0.39 is 24.6 Å². The second-order valence-corrected chi connectivity index (χ2v) is 4.65. The van der Waals surface area contributed by atoms with Gasteiger partial charge in [-0.1, -0.05) is 6.07 Å². The van der Waals surface area contributed by atoms with E-state index >= 15 is 0 Å². The van der Waals surface area contributed by atoms with E-state index in [0.717, 1.165) is 5.56 Å². The highest BCUT2D eigenvalue weighted by Crippen LogP contribution is 2.25. The first-order chi connectivity index (χ1) is 9.24. The standard InChI is InChI=1S/C13H18F4N2O/c1-8-5-9(2)12(10(14)6-8)11(19-18)3-4-20-7-13(15,16)17/h5-6,11,19H,3-4,7,18H2,1-2H3. The largest absolute Gasteiger partial charge is 0.411 e. The van der Waals surface area contributed by atoms with Gasteiger partial charge in [-0.05, 0) is 37.5 Å². The molecule has 1 unspecified atom stereocenters. The summed E-state index contributed by atoms with van der Waals surface area (Å²) in [6, 6.07) is 2.56. The molecule has 0 heterocycles. The smallest absolute Gasteiger partial charge is 0.372 e. The van der Waals surface area contributed by atoms with Gasteiger partial charge < -0.3 is 4.74 Å². The Bertz CT molecular complexity index is 425. The van der Waals surface area contributed by atoms with Crippen molar-refractivity contribution >= 4 is 0 Å². The van der Waals surface area contributed by atoms with E-state index in [2.05, 4.69) is 10.2 Å². The topological polar surface area (TPSA) is 47.3 Å². The zero-order chi connectivity index (χ0) is 15.3. The van der Waals surface area contributed by atoms with Gasteiger partial charge in [0.05, 0.1) is 6.04 Å². The summed E-state index contributed by atoms with van der Waals surface area (Å²) in [6.07, 6.45) is -4.22. The van der Waals surface area contributed by atoms with Gasteiger partial charge in [-0.25, -0.2) is 4.39 Å². The number of hydrogen-bond donors (Lipinski definition) is 2. The van der Waals surface area contributed by atoms with E-state index in [4.69, 9.17) is 5.84 Å². The number of alkyl halides is 3. The second-order valence-electron chi connectivity index (χ2n) is 4.65. The van der Waals surface area contributed by atoms with Crippen LogP contribution in [0.3, 0.4) is 0 Å². The molecule has 0 amide bonds. The zero-order valence-electron chi connectivity index (χ0n) is 11.4. The molecule has 1 aromatic carbocycles. The highest BCUT2D eigenvalue weighted by molar-refractivity contribution is 5.34. The van der Waals surface area contributed by atoms with Gasteiger partial charge in [0.15, 0.2) is 0 Å². The average molecular weight is 294 g/mol. The molecule has 0 saturated heterocycles. The van der Waals surface area contributed by atoms with Crippen molar-refractivity contribution in [3.63, 3.8) is 0 Å². The van der Waals surface area contributed by atoms with Gasteiger partial charge in [0.2, 0.25) is 0 Å². The Hall–Kier alpha value is -1.18. The third kappa shape index (κ3) is 5.07. The number of hydrazine groups is 1. The van der Waals surface area contributed by atoms with Crippen molar-refractivity contribution in [3.05, 3.63) is 34.6 Å². The minimum Gasteiger partial charge on any atom is -0.372 e. The Morgan fingerprint density at radius 1 is 1.30 bits per heavy atom. The number of halogens is 4. The number of ether oxygens (including phenoxy) is 1.